The maximum Gasteiger partial charge on any atom is 0.251 e. The molecule has 1 aliphatic rings. The Morgan fingerprint density at radius 1 is 1.32 bits per heavy atom. The van der Waals surface area contributed by atoms with E-state index in [9.17, 15) is 9.90 Å². The van der Waals surface area contributed by atoms with Gasteiger partial charge in [0.15, 0.2) is 0 Å². The van der Waals surface area contributed by atoms with Crippen LogP contribution in [0.15, 0.2) is 24.3 Å². The van der Waals surface area contributed by atoms with Gasteiger partial charge in [0.05, 0.1) is 6.10 Å². The summed E-state index contributed by atoms with van der Waals surface area (Å²) in [6, 6.07) is 7.79. The van der Waals surface area contributed by atoms with Crippen LogP contribution in [0.5, 0.6) is 0 Å². The third-order valence-corrected chi connectivity index (χ3v) is 3.90. The number of aliphatic hydroxyl groups excluding tert-OH is 1. The minimum atomic E-state index is -0.243. The van der Waals surface area contributed by atoms with Crippen LogP contribution in [-0.4, -0.2) is 23.7 Å². The fourth-order valence-corrected chi connectivity index (χ4v) is 2.69. The molecule has 3 nitrogen and oxygen atoms in total. The molecule has 1 aromatic rings. The molecule has 0 bridgehead atoms. The van der Waals surface area contributed by atoms with Crippen LogP contribution in [0.3, 0.4) is 0 Å². The second kappa shape index (κ2) is 6.71. The largest absolute Gasteiger partial charge is 0.393 e. The average Bonchev–Trinajstić information content (AvgIpc) is 2.83. The van der Waals surface area contributed by atoms with Crippen molar-refractivity contribution in [2.45, 2.75) is 45.1 Å². The Bertz CT molecular complexity index is 413. The van der Waals surface area contributed by atoms with Crippen LogP contribution in [0.25, 0.3) is 0 Å². The maximum atomic E-state index is 12.0. The van der Waals surface area contributed by atoms with Crippen LogP contribution < -0.4 is 5.32 Å². The zero-order chi connectivity index (χ0) is 13.7. The van der Waals surface area contributed by atoms with Crippen molar-refractivity contribution in [1.82, 2.24) is 5.32 Å². The van der Waals surface area contributed by atoms with Gasteiger partial charge in [-0.1, -0.05) is 31.9 Å². The normalized spacial score (nSPS) is 22.4. The van der Waals surface area contributed by atoms with E-state index in [1.54, 1.807) is 0 Å². The molecule has 2 N–H and O–H groups in total. The first-order valence-electron chi connectivity index (χ1n) is 7.26. The molecule has 0 spiro atoms. The van der Waals surface area contributed by atoms with E-state index in [-0.39, 0.29) is 17.9 Å². The van der Waals surface area contributed by atoms with E-state index in [0.717, 1.165) is 32.1 Å². The Balaban J connectivity index is 1.85. The summed E-state index contributed by atoms with van der Waals surface area (Å²) >= 11 is 0. The Morgan fingerprint density at radius 3 is 2.63 bits per heavy atom. The molecule has 0 aromatic heterocycles. The summed E-state index contributed by atoms with van der Waals surface area (Å²) in [7, 11) is 0. The van der Waals surface area contributed by atoms with Crippen molar-refractivity contribution in [2.24, 2.45) is 5.92 Å². The van der Waals surface area contributed by atoms with Crippen molar-refractivity contribution in [1.29, 1.82) is 0 Å². The molecule has 1 amide bonds. The predicted molar refractivity (Wildman–Crippen MR) is 76.1 cm³/mol. The van der Waals surface area contributed by atoms with Gasteiger partial charge < -0.3 is 10.4 Å². The minimum Gasteiger partial charge on any atom is -0.393 e. The van der Waals surface area contributed by atoms with Crippen LogP contribution in [0, 0.1) is 5.92 Å². The third kappa shape index (κ3) is 3.80. The molecule has 3 heteroatoms. The van der Waals surface area contributed by atoms with Gasteiger partial charge in [0.1, 0.15) is 0 Å². The lowest BCUT2D eigenvalue weighted by Gasteiger charge is -2.15. The number of aliphatic hydroxyl groups is 1. The first-order chi connectivity index (χ1) is 9.20. The van der Waals surface area contributed by atoms with Gasteiger partial charge in [0.25, 0.3) is 5.91 Å². The number of aryl methyl sites for hydroxylation is 1. The lowest BCUT2D eigenvalue weighted by Crippen LogP contribution is -2.32. The summed E-state index contributed by atoms with van der Waals surface area (Å²) in [5.41, 5.74) is 1.97. The summed E-state index contributed by atoms with van der Waals surface area (Å²) in [5, 5.41) is 12.6. The quantitative estimate of drug-likeness (QED) is 0.855. The number of amides is 1. The first kappa shape index (κ1) is 14.1. The fourth-order valence-electron chi connectivity index (χ4n) is 2.69. The molecule has 1 aliphatic carbocycles. The molecular formula is C16H23NO2. The number of rotatable bonds is 5. The second-order valence-corrected chi connectivity index (χ2v) is 5.42. The summed E-state index contributed by atoms with van der Waals surface area (Å²) < 4.78 is 0. The number of hydrogen-bond donors (Lipinski definition) is 2. The van der Waals surface area contributed by atoms with E-state index in [1.165, 1.54) is 5.56 Å². The van der Waals surface area contributed by atoms with Gasteiger partial charge in [-0.2, -0.15) is 0 Å². The zero-order valence-corrected chi connectivity index (χ0v) is 11.6. The van der Waals surface area contributed by atoms with Crippen molar-refractivity contribution in [3.63, 3.8) is 0 Å². The molecular weight excluding hydrogens is 238 g/mol. The molecule has 2 unspecified atom stereocenters. The van der Waals surface area contributed by atoms with E-state index in [4.69, 9.17) is 0 Å². The van der Waals surface area contributed by atoms with E-state index < -0.39 is 0 Å². The van der Waals surface area contributed by atoms with Gasteiger partial charge in [-0.3, -0.25) is 4.79 Å². The minimum absolute atomic E-state index is 0.0397. The highest BCUT2D eigenvalue weighted by molar-refractivity contribution is 5.94. The van der Waals surface area contributed by atoms with Crippen molar-refractivity contribution < 1.29 is 9.90 Å². The molecule has 19 heavy (non-hydrogen) atoms. The van der Waals surface area contributed by atoms with Gasteiger partial charge >= 0.3 is 0 Å². The lowest BCUT2D eigenvalue weighted by molar-refractivity contribution is 0.0917. The van der Waals surface area contributed by atoms with Crippen LogP contribution in [0.4, 0.5) is 0 Å². The molecule has 2 atom stereocenters. The average molecular weight is 261 g/mol. The number of hydrogen-bond acceptors (Lipinski definition) is 2. The number of nitrogens with one attached hydrogen (secondary N) is 1. The Labute approximate surface area is 115 Å². The topological polar surface area (TPSA) is 49.3 Å². The van der Waals surface area contributed by atoms with Gasteiger partial charge in [-0.15, -0.1) is 0 Å². The highest BCUT2D eigenvalue weighted by Crippen LogP contribution is 2.24. The molecule has 2 rings (SSSR count). The standard InChI is InChI=1S/C16H23NO2/c1-2-4-12-7-9-13(10-8-12)16(19)17-11-14-5-3-6-15(14)18/h7-10,14-15,18H,2-6,11H2,1H3,(H,17,19). The molecule has 0 radical (unpaired) electrons. The molecule has 1 aromatic carbocycles. The molecule has 1 saturated carbocycles. The Hall–Kier alpha value is -1.35. The van der Waals surface area contributed by atoms with Crippen molar-refractivity contribution in [3.05, 3.63) is 35.4 Å². The summed E-state index contributed by atoms with van der Waals surface area (Å²) in [4.78, 5) is 12.0. The zero-order valence-electron chi connectivity index (χ0n) is 11.6. The number of carbonyl (C=O) groups excluding carboxylic acids is 1. The summed E-state index contributed by atoms with van der Waals surface area (Å²) in [6.45, 7) is 2.73. The van der Waals surface area contributed by atoms with Crippen LogP contribution in [0.1, 0.15) is 48.5 Å². The van der Waals surface area contributed by atoms with Gasteiger partial charge in [-0.05, 0) is 37.0 Å². The number of carbonyl (C=O) groups is 1. The van der Waals surface area contributed by atoms with Crippen molar-refractivity contribution in [3.8, 4) is 0 Å². The SMILES string of the molecule is CCCc1ccc(C(=O)NCC2CCCC2O)cc1. The fraction of sp³-hybridized carbons (Fsp3) is 0.562. The predicted octanol–water partition coefficient (Wildman–Crippen LogP) is 2.53. The van der Waals surface area contributed by atoms with Gasteiger partial charge in [-0.25, -0.2) is 0 Å². The lowest BCUT2D eigenvalue weighted by atomic mass is 10.1. The van der Waals surface area contributed by atoms with E-state index in [2.05, 4.69) is 12.2 Å². The Morgan fingerprint density at radius 2 is 2.05 bits per heavy atom. The van der Waals surface area contributed by atoms with Crippen LogP contribution >= 0.6 is 0 Å². The molecule has 104 valence electrons. The maximum absolute atomic E-state index is 12.0. The highest BCUT2D eigenvalue weighted by atomic mass is 16.3. The van der Waals surface area contributed by atoms with Crippen LogP contribution in [0.2, 0.25) is 0 Å². The number of benzene rings is 1. The second-order valence-electron chi connectivity index (χ2n) is 5.42. The van der Waals surface area contributed by atoms with Crippen LogP contribution in [-0.2, 0) is 6.42 Å². The smallest absolute Gasteiger partial charge is 0.251 e. The first-order valence-corrected chi connectivity index (χ1v) is 7.26. The molecule has 1 fully saturated rings. The molecule has 0 saturated heterocycles. The third-order valence-electron chi connectivity index (χ3n) is 3.90. The van der Waals surface area contributed by atoms with E-state index in [1.807, 2.05) is 24.3 Å². The molecule has 0 heterocycles. The van der Waals surface area contributed by atoms with E-state index >= 15 is 0 Å². The van der Waals surface area contributed by atoms with Crippen molar-refractivity contribution >= 4 is 5.91 Å². The van der Waals surface area contributed by atoms with Crippen molar-refractivity contribution in [2.75, 3.05) is 6.54 Å². The monoisotopic (exact) mass is 261 g/mol. The summed E-state index contributed by atoms with van der Waals surface area (Å²) in [5.74, 6) is 0.186. The summed E-state index contributed by atoms with van der Waals surface area (Å²) in [6.07, 6.45) is 4.87. The van der Waals surface area contributed by atoms with Gasteiger partial charge in [0.2, 0.25) is 0 Å². The molecule has 0 aliphatic heterocycles. The Kier molecular flexibility index (Phi) is 4.97. The van der Waals surface area contributed by atoms with E-state index in [0.29, 0.717) is 12.1 Å². The van der Waals surface area contributed by atoms with Gasteiger partial charge in [0, 0.05) is 18.0 Å². The highest BCUT2D eigenvalue weighted by Gasteiger charge is 2.25.